The Bertz CT molecular complexity index is 3820. The lowest BCUT2D eigenvalue weighted by atomic mass is 9.85. The minimum absolute atomic E-state index is 0.189. The van der Waals surface area contributed by atoms with Crippen LogP contribution in [0, 0.1) is 27.7 Å². The number of sulfone groups is 2. The van der Waals surface area contributed by atoms with Gasteiger partial charge in [0.25, 0.3) is 11.8 Å². The van der Waals surface area contributed by atoms with Gasteiger partial charge in [0.2, 0.25) is 19.7 Å². The summed E-state index contributed by atoms with van der Waals surface area (Å²) >= 11 is 0. The van der Waals surface area contributed by atoms with Gasteiger partial charge in [-0.05, 0) is 179 Å². The number of aryl methyl sites for hydroxylation is 4. The molecule has 6 heterocycles. The number of pyridine rings is 2. The zero-order valence-corrected chi connectivity index (χ0v) is 42.3. The van der Waals surface area contributed by atoms with Crippen LogP contribution in [0.3, 0.4) is 0 Å². The highest BCUT2D eigenvalue weighted by atomic mass is 32.2. The van der Waals surface area contributed by atoms with E-state index in [1.807, 2.05) is 64.1 Å². The first-order valence-electron chi connectivity index (χ1n) is 24.0. The van der Waals surface area contributed by atoms with Crippen molar-refractivity contribution in [1.82, 2.24) is 20.6 Å². The highest BCUT2D eigenvalue weighted by Crippen LogP contribution is 2.56. The number of nitrogens with two attached hydrogens (primary N) is 2. The lowest BCUT2D eigenvalue weighted by Gasteiger charge is -2.18. The fourth-order valence-electron chi connectivity index (χ4n) is 10.6. The Morgan fingerprint density at radius 1 is 0.446 bits per heavy atom. The number of nitrogens with zero attached hydrogens (tertiary/aromatic N) is 2. The summed E-state index contributed by atoms with van der Waals surface area (Å²) in [5, 5.41) is 5.96. The summed E-state index contributed by atoms with van der Waals surface area (Å²) in [6.45, 7) is 8.34. The molecule has 16 heteroatoms. The predicted molar refractivity (Wildman–Crippen MR) is 278 cm³/mol. The van der Waals surface area contributed by atoms with Crippen LogP contribution in [-0.2, 0) is 42.2 Å². The number of benzene rings is 6. The Labute approximate surface area is 428 Å². The van der Waals surface area contributed by atoms with Gasteiger partial charge in [0, 0.05) is 35.6 Å². The standard InChI is InChI=1S/2C29H25N3O4S/c1-16-12-26(30)32-17(2)25(16)15-31-29(33)18-8-10-21-23(13-18)27-22-11-9-20(14-24(22)28(21)36-27)37(34,35)19-6-4-3-5-7-19;1-16-12-26(30)32-17(2)25(16)15-31-29(33)18-8-10-21-23(13-18)28-24-14-20(9-11-22(24)27(21)36-28)37(34,35)19-6-4-3-5-7-19/h2*3-14,27-28H,15H2,1-2H3,(H2,30,32)(H,31,33). The van der Waals surface area contributed by atoms with Crippen LogP contribution in [0.25, 0.3) is 0 Å². The van der Waals surface area contributed by atoms with Crippen LogP contribution >= 0.6 is 0 Å². The lowest BCUT2D eigenvalue weighted by Crippen LogP contribution is -2.24. The fraction of sp³-hybridized carbons (Fsp3) is 0.172. The molecule has 2 amide bonds. The zero-order chi connectivity index (χ0) is 51.8. The number of ether oxygens (including phenoxy) is 2. The Morgan fingerprint density at radius 2 is 0.784 bits per heavy atom. The number of hydrogen-bond acceptors (Lipinski definition) is 12. The van der Waals surface area contributed by atoms with Crippen LogP contribution in [0.4, 0.5) is 11.6 Å². The average molecular weight is 1020 g/mol. The van der Waals surface area contributed by atoms with Crippen molar-refractivity contribution in [1.29, 1.82) is 0 Å². The summed E-state index contributed by atoms with van der Waals surface area (Å²) in [7, 11) is -7.28. The third-order valence-electron chi connectivity index (χ3n) is 14.3. The van der Waals surface area contributed by atoms with Gasteiger partial charge in [0.05, 0.1) is 19.6 Å². The van der Waals surface area contributed by atoms with Crippen molar-refractivity contribution in [2.75, 3.05) is 11.5 Å². The number of nitrogens with one attached hydrogen (secondary N) is 2. The lowest BCUT2D eigenvalue weighted by molar-refractivity contribution is 0.0855. The van der Waals surface area contributed by atoms with E-state index in [0.717, 1.165) is 78.1 Å². The van der Waals surface area contributed by atoms with Crippen molar-refractivity contribution in [3.63, 3.8) is 0 Å². The molecule has 0 saturated carbocycles. The molecule has 0 spiro atoms. The molecule has 8 aromatic rings. The van der Waals surface area contributed by atoms with Gasteiger partial charge < -0.3 is 31.6 Å². The van der Waals surface area contributed by atoms with Gasteiger partial charge in [-0.15, -0.1) is 0 Å². The maximum Gasteiger partial charge on any atom is 0.251 e. The second kappa shape index (κ2) is 18.5. The monoisotopic (exact) mass is 1020 g/mol. The summed E-state index contributed by atoms with van der Waals surface area (Å²) < 4.78 is 65.1. The van der Waals surface area contributed by atoms with E-state index in [-0.39, 0.29) is 49.7 Å². The number of rotatable bonds is 10. The molecule has 74 heavy (non-hydrogen) atoms. The minimum Gasteiger partial charge on any atom is -0.384 e. The van der Waals surface area contributed by atoms with Crippen molar-refractivity contribution < 1.29 is 35.9 Å². The molecule has 4 aliphatic rings. The van der Waals surface area contributed by atoms with Crippen LogP contribution in [0.15, 0.2) is 165 Å². The smallest absolute Gasteiger partial charge is 0.251 e. The van der Waals surface area contributed by atoms with E-state index in [4.69, 9.17) is 20.9 Å². The molecule has 4 atom stereocenters. The first kappa shape index (κ1) is 48.3. The second-order valence-electron chi connectivity index (χ2n) is 18.9. The highest BCUT2D eigenvalue weighted by Gasteiger charge is 2.45. The van der Waals surface area contributed by atoms with E-state index in [9.17, 15) is 26.4 Å². The van der Waals surface area contributed by atoms with E-state index >= 15 is 0 Å². The number of nitrogen functional groups attached to an aromatic ring is 2. The summed E-state index contributed by atoms with van der Waals surface area (Å²) in [6, 6.07) is 41.9. The molecule has 6 aromatic carbocycles. The Hall–Kier alpha value is -8.02. The average Bonchev–Trinajstić information content (AvgIpc) is 4.19. The van der Waals surface area contributed by atoms with Gasteiger partial charge in [0.1, 0.15) is 36.1 Å². The van der Waals surface area contributed by atoms with Crippen LogP contribution in [0.1, 0.15) is 123 Å². The summed E-state index contributed by atoms with van der Waals surface area (Å²) in [5.74, 6) is 0.523. The van der Waals surface area contributed by atoms with E-state index in [1.54, 1.807) is 109 Å². The van der Waals surface area contributed by atoms with Crippen LogP contribution < -0.4 is 22.1 Å². The van der Waals surface area contributed by atoms with E-state index in [0.29, 0.717) is 35.9 Å². The molecule has 14 nitrogen and oxygen atoms in total. The molecular formula is C58H50N6O8S2. The molecule has 0 aliphatic carbocycles. The van der Waals surface area contributed by atoms with Gasteiger partial charge in [0.15, 0.2) is 0 Å². The molecule has 0 saturated heterocycles. The number of aromatic nitrogens is 2. The second-order valence-corrected chi connectivity index (χ2v) is 22.8. The predicted octanol–water partition coefficient (Wildman–Crippen LogP) is 9.13. The number of carbonyl (C=O) groups is 2. The quantitative estimate of drug-likeness (QED) is 0.101. The van der Waals surface area contributed by atoms with Gasteiger partial charge in [-0.3, -0.25) is 9.59 Å². The number of anilines is 2. The Morgan fingerprint density at radius 3 is 1.16 bits per heavy atom. The number of fused-ring (bicyclic) bond motifs is 16. The summed E-state index contributed by atoms with van der Waals surface area (Å²) in [5.41, 5.74) is 25.5. The minimum atomic E-state index is -3.65. The van der Waals surface area contributed by atoms with Crippen LogP contribution in [-0.4, -0.2) is 38.6 Å². The van der Waals surface area contributed by atoms with E-state index in [1.165, 1.54) is 0 Å². The van der Waals surface area contributed by atoms with Gasteiger partial charge in [-0.1, -0.05) is 60.7 Å². The SMILES string of the molecule is Cc1cc(N)nc(C)c1CNC(=O)c1ccc2c(c1)C1OC2c2cc(S(=O)(=O)c3ccccc3)ccc21.Cc1cc(N)nc(C)c1CNC(=O)c1ccc2c(c1)C1OC2c2ccc(S(=O)(=O)c3ccccc3)cc21. The van der Waals surface area contributed by atoms with Crippen molar-refractivity contribution in [3.05, 3.63) is 235 Å². The zero-order valence-electron chi connectivity index (χ0n) is 40.7. The third kappa shape index (κ3) is 8.38. The molecule has 372 valence electrons. The molecule has 4 unspecified atom stereocenters. The highest BCUT2D eigenvalue weighted by molar-refractivity contribution is 7.91. The largest absolute Gasteiger partial charge is 0.384 e. The van der Waals surface area contributed by atoms with Crippen molar-refractivity contribution >= 4 is 43.1 Å². The Balaban J connectivity index is 0.000000159. The van der Waals surface area contributed by atoms with Crippen molar-refractivity contribution in [2.24, 2.45) is 0 Å². The van der Waals surface area contributed by atoms with Crippen molar-refractivity contribution in [3.8, 4) is 0 Å². The molecule has 12 rings (SSSR count). The number of amides is 2. The molecule has 0 radical (unpaired) electrons. The van der Waals surface area contributed by atoms with E-state index in [2.05, 4.69) is 20.6 Å². The fourth-order valence-corrected chi connectivity index (χ4v) is 13.2. The molecule has 6 N–H and O–H groups in total. The first-order chi connectivity index (χ1) is 35.5. The summed E-state index contributed by atoms with van der Waals surface area (Å²) in [4.78, 5) is 35.6. The van der Waals surface area contributed by atoms with Crippen molar-refractivity contribution in [2.45, 2.75) is 84.8 Å². The first-order valence-corrected chi connectivity index (χ1v) is 26.9. The van der Waals surface area contributed by atoms with Crippen LogP contribution in [0.2, 0.25) is 0 Å². The molecule has 4 bridgehead atoms. The third-order valence-corrected chi connectivity index (χ3v) is 17.9. The van der Waals surface area contributed by atoms with Gasteiger partial charge in [-0.25, -0.2) is 26.8 Å². The topological polar surface area (TPSA) is 223 Å². The number of hydrogen-bond donors (Lipinski definition) is 4. The van der Waals surface area contributed by atoms with Crippen LogP contribution in [0.5, 0.6) is 0 Å². The van der Waals surface area contributed by atoms with Gasteiger partial charge >= 0.3 is 0 Å². The normalized spacial score (nSPS) is 17.4. The number of carbonyl (C=O) groups excluding carboxylic acids is 2. The molecular weight excluding hydrogens is 973 g/mol. The molecule has 2 aromatic heterocycles. The Kier molecular flexibility index (Phi) is 12.1. The molecule has 4 aliphatic heterocycles. The van der Waals surface area contributed by atoms with E-state index < -0.39 is 25.8 Å². The van der Waals surface area contributed by atoms with Gasteiger partial charge in [-0.2, -0.15) is 0 Å². The maximum atomic E-state index is 13.2. The summed E-state index contributed by atoms with van der Waals surface area (Å²) in [6.07, 6.45) is -1.38. The molecule has 0 fully saturated rings. The maximum absolute atomic E-state index is 13.2.